The molecule has 9 heteroatoms. The Hall–Kier alpha value is -1.25. The molecule has 0 saturated carbocycles. The molecule has 0 amide bonds. The van der Waals surface area contributed by atoms with Gasteiger partial charge in [0.1, 0.15) is 0 Å². The SMILES string of the molecule is Nc1cc(Br)c(OC(F)F)c(OC(F)(F)F)c1. The van der Waals surface area contributed by atoms with Crippen LogP contribution >= 0.6 is 15.9 Å². The quantitative estimate of drug-likeness (QED) is 0.684. The molecule has 0 bridgehead atoms. The molecule has 0 fully saturated rings. The van der Waals surface area contributed by atoms with Crippen molar-refractivity contribution in [3.63, 3.8) is 0 Å². The fraction of sp³-hybridized carbons (Fsp3) is 0.250. The first-order valence-corrected chi connectivity index (χ1v) is 4.78. The number of hydrogen-bond acceptors (Lipinski definition) is 3. The van der Waals surface area contributed by atoms with Crippen LogP contribution in [0.1, 0.15) is 0 Å². The summed E-state index contributed by atoms with van der Waals surface area (Å²) in [6.07, 6.45) is -5.03. The van der Waals surface area contributed by atoms with E-state index in [9.17, 15) is 22.0 Å². The van der Waals surface area contributed by atoms with Gasteiger partial charge < -0.3 is 15.2 Å². The summed E-state index contributed by atoms with van der Waals surface area (Å²) < 4.78 is 67.3. The van der Waals surface area contributed by atoms with Crippen LogP contribution in [0.5, 0.6) is 11.5 Å². The highest BCUT2D eigenvalue weighted by molar-refractivity contribution is 9.10. The number of hydrogen-bond donors (Lipinski definition) is 1. The lowest BCUT2D eigenvalue weighted by Gasteiger charge is -2.15. The fourth-order valence-electron chi connectivity index (χ4n) is 0.992. The van der Waals surface area contributed by atoms with E-state index in [2.05, 4.69) is 25.4 Å². The van der Waals surface area contributed by atoms with Gasteiger partial charge in [0.05, 0.1) is 4.47 Å². The highest BCUT2D eigenvalue weighted by Gasteiger charge is 2.33. The summed E-state index contributed by atoms with van der Waals surface area (Å²) in [5.41, 5.74) is 5.16. The standard InChI is InChI=1S/C8H5BrF5NO2/c9-4-1-3(15)2-5(17-8(12,13)14)6(4)16-7(10)11/h1-2,7H,15H2. The molecule has 0 spiro atoms. The van der Waals surface area contributed by atoms with Crippen molar-refractivity contribution in [3.05, 3.63) is 16.6 Å². The lowest BCUT2D eigenvalue weighted by molar-refractivity contribution is -0.275. The van der Waals surface area contributed by atoms with E-state index in [-0.39, 0.29) is 10.2 Å². The molecule has 0 atom stereocenters. The van der Waals surface area contributed by atoms with E-state index in [0.717, 1.165) is 12.1 Å². The summed E-state index contributed by atoms with van der Waals surface area (Å²) >= 11 is 2.75. The van der Waals surface area contributed by atoms with Crippen molar-refractivity contribution in [1.82, 2.24) is 0 Å². The van der Waals surface area contributed by atoms with Crippen molar-refractivity contribution in [2.24, 2.45) is 0 Å². The number of ether oxygens (including phenoxy) is 2. The maximum Gasteiger partial charge on any atom is 0.573 e. The van der Waals surface area contributed by atoms with E-state index in [1.165, 1.54) is 0 Å². The minimum atomic E-state index is -5.03. The van der Waals surface area contributed by atoms with Gasteiger partial charge in [-0.05, 0) is 22.0 Å². The smallest absolute Gasteiger partial charge is 0.430 e. The zero-order valence-corrected chi connectivity index (χ0v) is 9.48. The third-order valence-corrected chi connectivity index (χ3v) is 2.05. The zero-order valence-electron chi connectivity index (χ0n) is 7.89. The Balaban J connectivity index is 3.15. The maximum absolute atomic E-state index is 12.0. The number of rotatable bonds is 3. The Morgan fingerprint density at radius 2 is 1.82 bits per heavy atom. The third kappa shape index (κ3) is 4.25. The highest BCUT2D eigenvalue weighted by atomic mass is 79.9. The van der Waals surface area contributed by atoms with Gasteiger partial charge in [0.2, 0.25) is 0 Å². The molecular weight excluding hydrogens is 317 g/mol. The first-order valence-electron chi connectivity index (χ1n) is 3.98. The van der Waals surface area contributed by atoms with Crippen molar-refractivity contribution >= 4 is 21.6 Å². The lowest BCUT2D eigenvalue weighted by atomic mass is 10.3. The molecule has 0 saturated heterocycles. The molecule has 1 aromatic carbocycles. The maximum atomic E-state index is 12.0. The molecular formula is C8H5BrF5NO2. The average molecular weight is 322 g/mol. The molecule has 17 heavy (non-hydrogen) atoms. The van der Waals surface area contributed by atoms with Crippen LogP contribution in [0.15, 0.2) is 16.6 Å². The molecule has 2 N–H and O–H groups in total. The molecule has 0 aliphatic heterocycles. The Labute approximate surface area is 100 Å². The van der Waals surface area contributed by atoms with Crippen LogP contribution in [0, 0.1) is 0 Å². The third-order valence-electron chi connectivity index (χ3n) is 1.46. The predicted molar refractivity (Wildman–Crippen MR) is 51.9 cm³/mol. The summed E-state index contributed by atoms with van der Waals surface area (Å²) in [4.78, 5) is 0. The number of halogens is 6. The predicted octanol–water partition coefficient (Wildman–Crippen LogP) is 3.53. The molecule has 0 aliphatic carbocycles. The lowest BCUT2D eigenvalue weighted by Crippen LogP contribution is -2.18. The molecule has 0 radical (unpaired) electrons. The van der Waals surface area contributed by atoms with Crippen LogP contribution in [0.25, 0.3) is 0 Å². The molecule has 0 aromatic heterocycles. The minimum absolute atomic E-state index is 0.0993. The van der Waals surface area contributed by atoms with Gasteiger partial charge >= 0.3 is 13.0 Å². The average Bonchev–Trinajstić information content (AvgIpc) is 2.07. The first kappa shape index (κ1) is 13.8. The first-order chi connectivity index (χ1) is 7.69. The van der Waals surface area contributed by atoms with Crippen molar-refractivity contribution < 1.29 is 31.4 Å². The van der Waals surface area contributed by atoms with E-state index in [4.69, 9.17) is 5.73 Å². The Morgan fingerprint density at radius 3 is 2.29 bits per heavy atom. The molecule has 0 aliphatic rings. The van der Waals surface area contributed by atoms with Gasteiger partial charge in [-0.3, -0.25) is 0 Å². The van der Waals surface area contributed by atoms with Gasteiger partial charge in [0.15, 0.2) is 11.5 Å². The van der Waals surface area contributed by atoms with Gasteiger partial charge in [-0.15, -0.1) is 13.2 Å². The second-order valence-electron chi connectivity index (χ2n) is 2.76. The van der Waals surface area contributed by atoms with E-state index in [0.29, 0.717) is 0 Å². The Morgan fingerprint density at radius 1 is 1.24 bits per heavy atom. The monoisotopic (exact) mass is 321 g/mol. The van der Waals surface area contributed by atoms with Crippen molar-refractivity contribution in [3.8, 4) is 11.5 Å². The molecule has 96 valence electrons. The highest BCUT2D eigenvalue weighted by Crippen LogP contribution is 2.40. The van der Waals surface area contributed by atoms with E-state index in [1.54, 1.807) is 0 Å². The summed E-state index contributed by atoms with van der Waals surface area (Å²) in [5.74, 6) is -1.71. The van der Waals surface area contributed by atoms with Crippen molar-refractivity contribution in [2.45, 2.75) is 13.0 Å². The number of nitrogens with two attached hydrogens (primary N) is 1. The molecule has 0 unspecified atom stereocenters. The van der Waals surface area contributed by atoms with Crippen LogP contribution in [-0.2, 0) is 0 Å². The van der Waals surface area contributed by atoms with Gasteiger partial charge in [-0.2, -0.15) is 8.78 Å². The van der Waals surface area contributed by atoms with E-state index in [1.807, 2.05) is 0 Å². The summed E-state index contributed by atoms with van der Waals surface area (Å²) in [5, 5.41) is 0. The number of benzene rings is 1. The van der Waals surface area contributed by atoms with Crippen LogP contribution in [0.4, 0.5) is 27.6 Å². The largest absolute Gasteiger partial charge is 0.573 e. The van der Waals surface area contributed by atoms with Gasteiger partial charge in [0, 0.05) is 11.8 Å². The van der Waals surface area contributed by atoms with Gasteiger partial charge in [0.25, 0.3) is 0 Å². The summed E-state index contributed by atoms with van der Waals surface area (Å²) in [7, 11) is 0. The fourth-order valence-corrected chi connectivity index (χ4v) is 1.55. The van der Waals surface area contributed by atoms with Crippen LogP contribution in [0.3, 0.4) is 0 Å². The molecule has 3 nitrogen and oxygen atoms in total. The van der Waals surface area contributed by atoms with Gasteiger partial charge in [-0.1, -0.05) is 0 Å². The normalized spacial score (nSPS) is 11.7. The number of nitrogen functional groups attached to an aromatic ring is 1. The van der Waals surface area contributed by atoms with Crippen molar-refractivity contribution in [1.29, 1.82) is 0 Å². The van der Waals surface area contributed by atoms with Crippen LogP contribution in [0.2, 0.25) is 0 Å². The van der Waals surface area contributed by atoms with Gasteiger partial charge in [-0.25, -0.2) is 0 Å². The van der Waals surface area contributed by atoms with E-state index >= 15 is 0 Å². The van der Waals surface area contributed by atoms with Crippen molar-refractivity contribution in [2.75, 3.05) is 5.73 Å². The van der Waals surface area contributed by atoms with Crippen LogP contribution < -0.4 is 15.2 Å². The topological polar surface area (TPSA) is 44.5 Å². The zero-order chi connectivity index (χ0) is 13.2. The molecule has 0 heterocycles. The number of alkyl halides is 5. The van der Waals surface area contributed by atoms with Crippen LogP contribution in [-0.4, -0.2) is 13.0 Å². The number of anilines is 1. The van der Waals surface area contributed by atoms with E-state index < -0.39 is 24.5 Å². The summed E-state index contributed by atoms with van der Waals surface area (Å²) in [6, 6.07) is 1.84. The summed E-state index contributed by atoms with van der Waals surface area (Å²) in [6.45, 7) is -3.29. The molecule has 1 rings (SSSR count). The second-order valence-corrected chi connectivity index (χ2v) is 3.61. The second kappa shape index (κ2) is 4.94. The Kier molecular flexibility index (Phi) is 4.02. The minimum Gasteiger partial charge on any atom is -0.430 e. The Bertz CT molecular complexity index is 410. The molecule has 1 aromatic rings.